The predicted octanol–water partition coefficient (Wildman–Crippen LogP) is 4.26. The van der Waals surface area contributed by atoms with Crippen molar-refractivity contribution in [2.24, 2.45) is 7.05 Å². The fraction of sp³-hybridized carbons (Fsp3) is 0.158. The Labute approximate surface area is 169 Å². The molecule has 0 aliphatic heterocycles. The Bertz CT molecular complexity index is 964. The van der Waals surface area contributed by atoms with Crippen molar-refractivity contribution >= 4 is 33.4 Å². The Morgan fingerprint density at radius 2 is 2.19 bits per heavy atom. The number of amides is 1. The van der Waals surface area contributed by atoms with Crippen LogP contribution in [0.3, 0.4) is 0 Å². The van der Waals surface area contributed by atoms with Gasteiger partial charge in [-0.15, -0.1) is 0 Å². The fourth-order valence-corrected chi connectivity index (χ4v) is 3.30. The number of halogens is 3. The standard InChI is InChI=1S/C19H16BrClFN3O2/c1-25-8-7-23-19(25)18(12-3-2-4-14(22)9-12)24-17(26)11-27-16-6-5-13(20)10-15(16)21/h2-10,18H,11H2,1H3,(H,24,26). The first-order chi connectivity index (χ1) is 12.9. The lowest BCUT2D eigenvalue weighted by molar-refractivity contribution is -0.123. The maximum Gasteiger partial charge on any atom is 0.258 e. The van der Waals surface area contributed by atoms with Crippen molar-refractivity contribution in [1.29, 1.82) is 0 Å². The minimum atomic E-state index is -0.614. The average molecular weight is 453 g/mol. The number of aryl methyl sites for hydroxylation is 1. The van der Waals surface area contributed by atoms with Crippen LogP contribution in [0.2, 0.25) is 5.02 Å². The van der Waals surface area contributed by atoms with E-state index in [2.05, 4.69) is 26.2 Å². The Morgan fingerprint density at radius 3 is 2.85 bits per heavy atom. The summed E-state index contributed by atoms with van der Waals surface area (Å²) in [6.45, 7) is -0.239. The van der Waals surface area contributed by atoms with Crippen molar-refractivity contribution in [1.82, 2.24) is 14.9 Å². The molecule has 140 valence electrons. The van der Waals surface area contributed by atoms with Crippen LogP contribution in [0.4, 0.5) is 4.39 Å². The van der Waals surface area contributed by atoms with E-state index < -0.39 is 6.04 Å². The van der Waals surface area contributed by atoms with Gasteiger partial charge >= 0.3 is 0 Å². The third kappa shape index (κ3) is 4.87. The van der Waals surface area contributed by atoms with Gasteiger partial charge < -0.3 is 14.6 Å². The van der Waals surface area contributed by atoms with Crippen molar-refractivity contribution in [2.75, 3.05) is 6.61 Å². The molecule has 0 aliphatic rings. The summed E-state index contributed by atoms with van der Waals surface area (Å²) in [5.41, 5.74) is 0.583. The molecule has 1 N–H and O–H groups in total. The van der Waals surface area contributed by atoms with E-state index in [1.807, 2.05) is 0 Å². The summed E-state index contributed by atoms with van der Waals surface area (Å²) in [5.74, 6) is 0.204. The number of benzene rings is 2. The molecule has 0 bridgehead atoms. The highest BCUT2D eigenvalue weighted by atomic mass is 79.9. The molecule has 3 rings (SSSR count). The molecule has 0 radical (unpaired) electrons. The summed E-state index contributed by atoms with van der Waals surface area (Å²) in [6, 6.07) is 10.5. The lowest BCUT2D eigenvalue weighted by atomic mass is 10.1. The topological polar surface area (TPSA) is 56.2 Å². The monoisotopic (exact) mass is 451 g/mol. The van der Waals surface area contributed by atoms with Crippen LogP contribution in [0.5, 0.6) is 5.75 Å². The van der Waals surface area contributed by atoms with Gasteiger partial charge in [-0.05, 0) is 35.9 Å². The van der Waals surface area contributed by atoms with Crippen molar-refractivity contribution in [3.8, 4) is 5.75 Å². The van der Waals surface area contributed by atoms with Crippen LogP contribution < -0.4 is 10.1 Å². The lowest BCUT2D eigenvalue weighted by Gasteiger charge is -2.19. The van der Waals surface area contributed by atoms with E-state index >= 15 is 0 Å². The lowest BCUT2D eigenvalue weighted by Crippen LogP contribution is -2.34. The number of ether oxygens (including phenoxy) is 1. The second kappa shape index (κ2) is 8.54. The molecule has 8 heteroatoms. The summed E-state index contributed by atoms with van der Waals surface area (Å²) < 4.78 is 21.7. The van der Waals surface area contributed by atoms with Crippen LogP contribution >= 0.6 is 27.5 Å². The van der Waals surface area contributed by atoms with Crippen LogP contribution in [-0.2, 0) is 11.8 Å². The van der Waals surface area contributed by atoms with E-state index in [9.17, 15) is 9.18 Å². The van der Waals surface area contributed by atoms with Gasteiger partial charge in [0.1, 0.15) is 23.4 Å². The average Bonchev–Trinajstić information content (AvgIpc) is 3.04. The van der Waals surface area contributed by atoms with Crippen molar-refractivity contribution in [3.63, 3.8) is 0 Å². The molecule has 1 aromatic heterocycles. The molecule has 0 saturated heterocycles. The number of carbonyl (C=O) groups is 1. The summed E-state index contributed by atoms with van der Waals surface area (Å²) >= 11 is 9.40. The van der Waals surface area contributed by atoms with Crippen LogP contribution in [0.1, 0.15) is 17.4 Å². The third-order valence-electron chi connectivity index (χ3n) is 3.86. The Hall–Kier alpha value is -2.38. The summed E-state index contributed by atoms with van der Waals surface area (Å²) in [5, 5.41) is 3.23. The van der Waals surface area contributed by atoms with Gasteiger partial charge in [0, 0.05) is 23.9 Å². The minimum absolute atomic E-state index is 0.239. The first-order valence-electron chi connectivity index (χ1n) is 8.04. The number of imidazole rings is 1. The van der Waals surface area contributed by atoms with Crippen LogP contribution in [0.25, 0.3) is 0 Å². The second-order valence-electron chi connectivity index (χ2n) is 5.82. The van der Waals surface area contributed by atoms with E-state index in [0.29, 0.717) is 22.2 Å². The van der Waals surface area contributed by atoms with E-state index in [1.165, 1.54) is 12.1 Å². The molecular formula is C19H16BrClFN3O2. The maximum atomic E-state index is 13.7. The number of nitrogens with zero attached hydrogens (tertiary/aromatic N) is 2. The number of hydrogen-bond donors (Lipinski definition) is 1. The van der Waals surface area contributed by atoms with E-state index in [-0.39, 0.29) is 18.3 Å². The molecule has 0 fully saturated rings. The number of nitrogens with one attached hydrogen (secondary N) is 1. The van der Waals surface area contributed by atoms with Crippen LogP contribution in [0.15, 0.2) is 59.3 Å². The molecule has 2 aromatic carbocycles. The molecule has 0 saturated carbocycles. The molecule has 5 nitrogen and oxygen atoms in total. The van der Waals surface area contributed by atoms with E-state index in [0.717, 1.165) is 4.47 Å². The van der Waals surface area contributed by atoms with Gasteiger partial charge in [-0.3, -0.25) is 4.79 Å². The largest absolute Gasteiger partial charge is 0.482 e. The van der Waals surface area contributed by atoms with E-state index in [4.69, 9.17) is 16.3 Å². The quantitative estimate of drug-likeness (QED) is 0.608. The maximum absolute atomic E-state index is 13.7. The first-order valence-corrected chi connectivity index (χ1v) is 9.21. The van der Waals surface area contributed by atoms with Crippen molar-refractivity contribution in [3.05, 3.63) is 81.6 Å². The molecule has 3 aromatic rings. The molecule has 1 unspecified atom stereocenters. The zero-order chi connectivity index (χ0) is 19.4. The predicted molar refractivity (Wildman–Crippen MR) is 104 cm³/mol. The normalized spacial score (nSPS) is 11.9. The van der Waals surface area contributed by atoms with Gasteiger partial charge in [-0.25, -0.2) is 9.37 Å². The molecule has 1 amide bonds. The summed E-state index contributed by atoms with van der Waals surface area (Å²) in [6.07, 6.45) is 3.37. The van der Waals surface area contributed by atoms with E-state index in [1.54, 1.807) is 54.3 Å². The molecular weight excluding hydrogens is 437 g/mol. The van der Waals surface area contributed by atoms with Gasteiger partial charge in [0.2, 0.25) is 0 Å². The van der Waals surface area contributed by atoms with Gasteiger partial charge in [-0.2, -0.15) is 0 Å². The number of hydrogen-bond acceptors (Lipinski definition) is 3. The highest BCUT2D eigenvalue weighted by Gasteiger charge is 2.21. The summed E-state index contributed by atoms with van der Waals surface area (Å²) in [7, 11) is 1.80. The van der Waals surface area contributed by atoms with Gasteiger partial charge in [0.05, 0.1) is 5.02 Å². The highest BCUT2D eigenvalue weighted by Crippen LogP contribution is 2.28. The molecule has 1 heterocycles. The number of aromatic nitrogens is 2. The fourth-order valence-electron chi connectivity index (χ4n) is 2.58. The van der Waals surface area contributed by atoms with Crippen LogP contribution in [0, 0.1) is 5.82 Å². The minimum Gasteiger partial charge on any atom is -0.482 e. The summed E-state index contributed by atoms with van der Waals surface area (Å²) in [4.78, 5) is 16.7. The van der Waals surface area contributed by atoms with Crippen molar-refractivity contribution < 1.29 is 13.9 Å². The molecule has 0 aliphatic carbocycles. The zero-order valence-electron chi connectivity index (χ0n) is 14.3. The van der Waals surface area contributed by atoms with Gasteiger partial charge in [-0.1, -0.05) is 39.7 Å². The van der Waals surface area contributed by atoms with Crippen LogP contribution in [-0.4, -0.2) is 22.1 Å². The zero-order valence-corrected chi connectivity index (χ0v) is 16.7. The first kappa shape index (κ1) is 19.4. The molecule has 1 atom stereocenters. The van der Waals surface area contributed by atoms with Gasteiger partial charge in [0.15, 0.2) is 6.61 Å². The number of carbonyl (C=O) groups excluding carboxylic acids is 1. The van der Waals surface area contributed by atoms with Crippen molar-refractivity contribution in [2.45, 2.75) is 6.04 Å². The number of rotatable bonds is 6. The Balaban J connectivity index is 1.76. The SMILES string of the molecule is Cn1ccnc1C(NC(=O)COc1ccc(Br)cc1Cl)c1cccc(F)c1. The molecule has 27 heavy (non-hydrogen) atoms. The Morgan fingerprint density at radius 1 is 1.37 bits per heavy atom. The van der Waals surface area contributed by atoms with Gasteiger partial charge in [0.25, 0.3) is 5.91 Å². The highest BCUT2D eigenvalue weighted by molar-refractivity contribution is 9.10. The Kier molecular flexibility index (Phi) is 6.13. The second-order valence-corrected chi connectivity index (χ2v) is 7.14. The third-order valence-corrected chi connectivity index (χ3v) is 4.65. The molecule has 0 spiro atoms. The smallest absolute Gasteiger partial charge is 0.258 e.